The van der Waals surface area contributed by atoms with E-state index in [0.717, 1.165) is 5.56 Å². The highest BCUT2D eigenvalue weighted by Crippen LogP contribution is 2.27. The lowest BCUT2D eigenvalue weighted by atomic mass is 10.1. The number of hydrogen-bond donors (Lipinski definition) is 0. The van der Waals surface area contributed by atoms with E-state index in [2.05, 4.69) is 0 Å². The summed E-state index contributed by atoms with van der Waals surface area (Å²) in [5.74, 6) is 0.957. The SMILES string of the molecule is CCOC(=O)CCCC(=O)C=Cc1ccc(OC)c(OC)c1. The molecule has 0 unspecified atom stereocenters. The molecule has 0 radical (unpaired) electrons. The van der Waals surface area contributed by atoms with Gasteiger partial charge < -0.3 is 14.2 Å². The highest BCUT2D eigenvalue weighted by atomic mass is 16.5. The van der Waals surface area contributed by atoms with Gasteiger partial charge in [0.15, 0.2) is 17.3 Å². The number of rotatable bonds is 9. The number of carbonyl (C=O) groups is 2. The van der Waals surface area contributed by atoms with Gasteiger partial charge in [-0.15, -0.1) is 0 Å². The number of allylic oxidation sites excluding steroid dienone is 1. The van der Waals surface area contributed by atoms with Gasteiger partial charge in [-0.25, -0.2) is 0 Å². The Morgan fingerprint density at radius 2 is 1.82 bits per heavy atom. The van der Waals surface area contributed by atoms with Crippen LogP contribution in [0.2, 0.25) is 0 Å². The molecule has 0 bridgehead atoms. The fraction of sp³-hybridized carbons (Fsp3) is 0.412. The molecule has 120 valence electrons. The average Bonchev–Trinajstić information content (AvgIpc) is 2.52. The van der Waals surface area contributed by atoms with Crippen molar-refractivity contribution in [3.63, 3.8) is 0 Å². The van der Waals surface area contributed by atoms with Gasteiger partial charge in [0.1, 0.15) is 0 Å². The number of hydrogen-bond acceptors (Lipinski definition) is 5. The van der Waals surface area contributed by atoms with E-state index in [1.54, 1.807) is 39.4 Å². The van der Waals surface area contributed by atoms with E-state index in [1.807, 2.05) is 6.07 Å². The normalized spacial score (nSPS) is 10.5. The van der Waals surface area contributed by atoms with Crippen LogP contribution in [0.25, 0.3) is 6.08 Å². The molecule has 0 heterocycles. The van der Waals surface area contributed by atoms with Crippen LogP contribution in [-0.2, 0) is 14.3 Å². The minimum absolute atomic E-state index is 0.0286. The van der Waals surface area contributed by atoms with Crippen molar-refractivity contribution in [2.24, 2.45) is 0 Å². The molecule has 1 aromatic carbocycles. The zero-order valence-electron chi connectivity index (χ0n) is 13.3. The lowest BCUT2D eigenvalue weighted by molar-refractivity contribution is -0.143. The van der Waals surface area contributed by atoms with Crippen molar-refractivity contribution in [2.45, 2.75) is 26.2 Å². The topological polar surface area (TPSA) is 61.8 Å². The second-order valence-corrected chi connectivity index (χ2v) is 4.57. The second kappa shape index (κ2) is 9.60. The number of ether oxygens (including phenoxy) is 3. The molecule has 0 aliphatic carbocycles. The zero-order valence-corrected chi connectivity index (χ0v) is 13.3. The van der Waals surface area contributed by atoms with Crippen LogP contribution in [0.3, 0.4) is 0 Å². The Balaban J connectivity index is 2.50. The lowest BCUT2D eigenvalue weighted by Crippen LogP contribution is -2.04. The summed E-state index contributed by atoms with van der Waals surface area (Å²) in [5.41, 5.74) is 0.844. The van der Waals surface area contributed by atoms with Crippen molar-refractivity contribution < 1.29 is 23.8 Å². The molecule has 5 heteroatoms. The molecule has 0 aromatic heterocycles. The van der Waals surface area contributed by atoms with E-state index in [4.69, 9.17) is 14.2 Å². The molecule has 1 aromatic rings. The number of ketones is 1. The van der Waals surface area contributed by atoms with E-state index in [0.29, 0.717) is 30.9 Å². The Bertz CT molecular complexity index is 534. The van der Waals surface area contributed by atoms with Crippen LogP contribution in [0.15, 0.2) is 24.3 Å². The fourth-order valence-corrected chi connectivity index (χ4v) is 1.87. The Morgan fingerprint density at radius 3 is 2.45 bits per heavy atom. The minimum atomic E-state index is -0.265. The highest BCUT2D eigenvalue weighted by molar-refractivity contribution is 5.93. The summed E-state index contributed by atoms with van der Waals surface area (Å²) in [5, 5.41) is 0. The van der Waals surface area contributed by atoms with Crippen LogP contribution in [0, 0.1) is 0 Å². The lowest BCUT2D eigenvalue weighted by Gasteiger charge is -2.07. The molecule has 0 amide bonds. The molecule has 0 aliphatic heterocycles. The standard InChI is InChI=1S/C17H22O5/c1-4-22-17(19)7-5-6-14(18)10-8-13-9-11-15(20-2)16(12-13)21-3/h8-12H,4-7H2,1-3H3. The first kappa shape index (κ1) is 17.8. The molecular weight excluding hydrogens is 284 g/mol. The van der Waals surface area contributed by atoms with Crippen LogP contribution < -0.4 is 9.47 Å². The zero-order chi connectivity index (χ0) is 16.4. The summed E-state index contributed by atoms with van der Waals surface area (Å²) in [4.78, 5) is 22.9. The predicted molar refractivity (Wildman–Crippen MR) is 84.1 cm³/mol. The van der Waals surface area contributed by atoms with Gasteiger partial charge in [0, 0.05) is 12.8 Å². The van der Waals surface area contributed by atoms with E-state index in [1.165, 1.54) is 6.08 Å². The molecule has 0 atom stereocenters. The summed E-state index contributed by atoms with van der Waals surface area (Å²) in [7, 11) is 3.13. The quantitative estimate of drug-likeness (QED) is 0.518. The predicted octanol–water partition coefficient (Wildman–Crippen LogP) is 3.02. The highest BCUT2D eigenvalue weighted by Gasteiger charge is 2.05. The van der Waals surface area contributed by atoms with Crippen LogP contribution in [0.5, 0.6) is 11.5 Å². The third-order valence-corrected chi connectivity index (χ3v) is 2.98. The van der Waals surface area contributed by atoms with Crippen LogP contribution in [0.1, 0.15) is 31.7 Å². The molecule has 0 saturated carbocycles. The summed E-state index contributed by atoms with van der Waals surface area (Å²) < 4.78 is 15.2. The van der Waals surface area contributed by atoms with E-state index < -0.39 is 0 Å². The van der Waals surface area contributed by atoms with Crippen molar-refractivity contribution in [2.75, 3.05) is 20.8 Å². The smallest absolute Gasteiger partial charge is 0.305 e. The van der Waals surface area contributed by atoms with Crippen molar-refractivity contribution in [1.29, 1.82) is 0 Å². The Kier molecular flexibility index (Phi) is 7.75. The molecule has 0 N–H and O–H groups in total. The van der Waals surface area contributed by atoms with Crippen molar-refractivity contribution in [3.05, 3.63) is 29.8 Å². The van der Waals surface area contributed by atoms with Crippen LogP contribution in [0.4, 0.5) is 0 Å². The number of methoxy groups -OCH3 is 2. The summed E-state index contributed by atoms with van der Waals surface area (Å²) in [6, 6.07) is 5.41. The first-order valence-corrected chi connectivity index (χ1v) is 7.19. The molecule has 0 saturated heterocycles. The molecular formula is C17H22O5. The van der Waals surface area contributed by atoms with E-state index in [-0.39, 0.29) is 18.2 Å². The molecule has 22 heavy (non-hydrogen) atoms. The van der Waals surface area contributed by atoms with Gasteiger partial charge in [0.25, 0.3) is 0 Å². The van der Waals surface area contributed by atoms with Gasteiger partial charge in [0.05, 0.1) is 20.8 Å². The van der Waals surface area contributed by atoms with E-state index >= 15 is 0 Å². The Morgan fingerprint density at radius 1 is 1.09 bits per heavy atom. The number of benzene rings is 1. The molecule has 0 aliphatic rings. The summed E-state index contributed by atoms with van der Waals surface area (Å²) in [6.45, 7) is 2.13. The first-order valence-electron chi connectivity index (χ1n) is 7.19. The maximum absolute atomic E-state index is 11.7. The van der Waals surface area contributed by atoms with Crippen molar-refractivity contribution in [3.8, 4) is 11.5 Å². The van der Waals surface area contributed by atoms with Gasteiger partial charge in [-0.3, -0.25) is 9.59 Å². The minimum Gasteiger partial charge on any atom is -0.493 e. The largest absolute Gasteiger partial charge is 0.493 e. The third-order valence-electron chi connectivity index (χ3n) is 2.98. The van der Waals surface area contributed by atoms with Gasteiger partial charge in [0.2, 0.25) is 0 Å². The van der Waals surface area contributed by atoms with Gasteiger partial charge in [-0.1, -0.05) is 12.1 Å². The van der Waals surface area contributed by atoms with Gasteiger partial charge in [-0.2, -0.15) is 0 Å². The van der Waals surface area contributed by atoms with Crippen molar-refractivity contribution >= 4 is 17.8 Å². The van der Waals surface area contributed by atoms with Crippen LogP contribution in [-0.4, -0.2) is 32.6 Å². The van der Waals surface area contributed by atoms with Crippen LogP contribution >= 0.6 is 0 Å². The maximum Gasteiger partial charge on any atom is 0.305 e. The first-order chi connectivity index (χ1) is 10.6. The third kappa shape index (κ3) is 5.99. The fourth-order valence-electron chi connectivity index (χ4n) is 1.87. The molecule has 0 fully saturated rings. The maximum atomic E-state index is 11.7. The number of carbonyl (C=O) groups excluding carboxylic acids is 2. The van der Waals surface area contributed by atoms with E-state index in [9.17, 15) is 9.59 Å². The average molecular weight is 306 g/mol. The summed E-state index contributed by atoms with van der Waals surface area (Å²) in [6.07, 6.45) is 4.31. The van der Waals surface area contributed by atoms with Gasteiger partial charge in [-0.05, 0) is 37.1 Å². The molecule has 5 nitrogen and oxygen atoms in total. The Labute approximate surface area is 130 Å². The number of esters is 1. The second-order valence-electron chi connectivity index (χ2n) is 4.57. The Hall–Kier alpha value is -2.30. The summed E-state index contributed by atoms with van der Waals surface area (Å²) >= 11 is 0. The van der Waals surface area contributed by atoms with Crippen molar-refractivity contribution in [1.82, 2.24) is 0 Å². The van der Waals surface area contributed by atoms with Gasteiger partial charge >= 0.3 is 5.97 Å². The molecule has 0 spiro atoms. The molecule has 1 rings (SSSR count). The monoisotopic (exact) mass is 306 g/mol.